The monoisotopic (exact) mass is 292 g/mol. The summed E-state index contributed by atoms with van der Waals surface area (Å²) in [6.07, 6.45) is 8.26. The van der Waals surface area contributed by atoms with Crippen molar-refractivity contribution in [3.8, 4) is 0 Å². The number of aromatic nitrogens is 2. The molecule has 1 atom stereocenters. The van der Waals surface area contributed by atoms with Gasteiger partial charge < -0.3 is 4.74 Å². The second-order valence-corrected chi connectivity index (χ2v) is 7.25. The molecular weight excluding hydrogens is 276 g/mol. The Bertz CT molecular complexity index is 605. The van der Waals surface area contributed by atoms with E-state index in [-0.39, 0.29) is 0 Å². The van der Waals surface area contributed by atoms with E-state index < -0.39 is 0 Å². The number of ether oxygens (including phenoxy) is 1. The number of rotatable bonds is 3. The van der Waals surface area contributed by atoms with Crippen molar-refractivity contribution >= 4 is 33.3 Å². The molecule has 19 heavy (non-hydrogen) atoms. The maximum Gasteiger partial charge on any atom is 0.128 e. The predicted molar refractivity (Wildman–Crippen MR) is 79.1 cm³/mol. The lowest BCUT2D eigenvalue weighted by Crippen LogP contribution is -2.08. The van der Waals surface area contributed by atoms with Crippen molar-refractivity contribution in [3.05, 3.63) is 16.8 Å². The van der Waals surface area contributed by atoms with Gasteiger partial charge in [-0.05, 0) is 37.7 Å². The summed E-state index contributed by atoms with van der Waals surface area (Å²) < 4.78 is 5.70. The molecule has 0 N–H and O–H groups in total. The van der Waals surface area contributed by atoms with Crippen LogP contribution in [-0.2, 0) is 17.6 Å². The quantitative estimate of drug-likeness (QED) is 0.641. The molecular formula is C14H16N2OS2. The smallest absolute Gasteiger partial charge is 0.128 e. The van der Waals surface area contributed by atoms with Gasteiger partial charge in [-0.2, -0.15) is 0 Å². The average Bonchev–Trinajstić information content (AvgIpc) is 3.12. The van der Waals surface area contributed by atoms with Gasteiger partial charge in [-0.15, -0.1) is 23.1 Å². The fraction of sp³-hybridized carbons (Fsp3) is 0.571. The summed E-state index contributed by atoms with van der Waals surface area (Å²) in [5.74, 6) is 1.02. The van der Waals surface area contributed by atoms with E-state index in [0.717, 1.165) is 12.4 Å². The fourth-order valence-corrected chi connectivity index (χ4v) is 5.34. The van der Waals surface area contributed by atoms with Gasteiger partial charge in [0.15, 0.2) is 0 Å². The molecule has 1 aliphatic heterocycles. The van der Waals surface area contributed by atoms with Crippen LogP contribution in [0.15, 0.2) is 11.4 Å². The highest BCUT2D eigenvalue weighted by atomic mass is 32.2. The Kier molecular flexibility index (Phi) is 3.21. The molecule has 1 unspecified atom stereocenters. The Hall–Kier alpha value is -0.650. The van der Waals surface area contributed by atoms with Crippen molar-refractivity contribution in [1.82, 2.24) is 9.97 Å². The van der Waals surface area contributed by atoms with Crippen LogP contribution < -0.4 is 0 Å². The summed E-state index contributed by atoms with van der Waals surface area (Å²) in [7, 11) is 0. The number of thioether (sulfide) groups is 1. The van der Waals surface area contributed by atoms with Crippen LogP contribution in [0.25, 0.3) is 10.2 Å². The SMILES string of the molecule is c1nc(SCC2CCCO2)c2c3c(sc2n1)CCC3. The zero-order chi connectivity index (χ0) is 12.7. The van der Waals surface area contributed by atoms with Crippen LogP contribution in [0.4, 0.5) is 0 Å². The summed E-state index contributed by atoms with van der Waals surface area (Å²) in [6.45, 7) is 0.929. The molecule has 3 nitrogen and oxygen atoms in total. The molecule has 100 valence electrons. The third kappa shape index (κ3) is 2.18. The zero-order valence-electron chi connectivity index (χ0n) is 10.7. The topological polar surface area (TPSA) is 35.0 Å². The highest BCUT2D eigenvalue weighted by Crippen LogP contribution is 2.40. The van der Waals surface area contributed by atoms with Crippen molar-refractivity contribution in [1.29, 1.82) is 0 Å². The second-order valence-electron chi connectivity index (χ2n) is 5.16. The Morgan fingerprint density at radius 2 is 2.32 bits per heavy atom. The highest BCUT2D eigenvalue weighted by molar-refractivity contribution is 7.99. The number of thiophene rings is 1. The first-order chi connectivity index (χ1) is 9.42. The minimum Gasteiger partial charge on any atom is -0.377 e. The van der Waals surface area contributed by atoms with Crippen LogP contribution in [0.3, 0.4) is 0 Å². The minimum atomic E-state index is 0.418. The molecule has 0 saturated carbocycles. The lowest BCUT2D eigenvalue weighted by Gasteiger charge is -2.09. The standard InChI is InChI=1S/C14H16N2OS2/c1-4-10-11(5-1)19-14-12(10)13(15-8-16-14)18-7-9-3-2-6-17-9/h8-9H,1-7H2. The summed E-state index contributed by atoms with van der Waals surface area (Å²) in [5.41, 5.74) is 1.52. The molecule has 0 radical (unpaired) electrons. The number of nitrogens with zero attached hydrogens (tertiary/aromatic N) is 2. The Morgan fingerprint density at radius 1 is 1.32 bits per heavy atom. The van der Waals surface area contributed by atoms with Gasteiger partial charge in [0.25, 0.3) is 0 Å². The van der Waals surface area contributed by atoms with Crippen LogP contribution in [0, 0.1) is 0 Å². The predicted octanol–water partition coefficient (Wildman–Crippen LogP) is 3.45. The molecule has 0 amide bonds. The Morgan fingerprint density at radius 3 is 3.21 bits per heavy atom. The van der Waals surface area contributed by atoms with E-state index in [9.17, 15) is 0 Å². The van der Waals surface area contributed by atoms with E-state index >= 15 is 0 Å². The molecule has 1 saturated heterocycles. The summed E-state index contributed by atoms with van der Waals surface area (Å²) in [5, 5.41) is 2.50. The first kappa shape index (κ1) is 12.1. The van der Waals surface area contributed by atoms with E-state index in [1.807, 2.05) is 23.1 Å². The summed E-state index contributed by atoms with van der Waals surface area (Å²) >= 11 is 3.71. The van der Waals surface area contributed by atoms with Crippen LogP contribution in [-0.4, -0.2) is 28.4 Å². The van der Waals surface area contributed by atoms with Gasteiger partial charge in [-0.1, -0.05) is 0 Å². The maximum atomic E-state index is 5.70. The van der Waals surface area contributed by atoms with Gasteiger partial charge in [0.2, 0.25) is 0 Å². The molecule has 2 aromatic rings. The average molecular weight is 292 g/mol. The molecule has 2 aromatic heterocycles. The van der Waals surface area contributed by atoms with Crippen LogP contribution in [0.1, 0.15) is 29.7 Å². The fourth-order valence-electron chi connectivity index (χ4n) is 2.96. The van der Waals surface area contributed by atoms with Gasteiger partial charge in [0.1, 0.15) is 16.2 Å². The van der Waals surface area contributed by atoms with E-state index in [1.165, 1.54) is 57.8 Å². The van der Waals surface area contributed by atoms with Crippen molar-refractivity contribution in [2.75, 3.05) is 12.4 Å². The number of hydrogen-bond donors (Lipinski definition) is 0. The van der Waals surface area contributed by atoms with Crippen LogP contribution in [0.5, 0.6) is 0 Å². The molecule has 2 aliphatic rings. The first-order valence-corrected chi connectivity index (χ1v) is 8.71. The maximum absolute atomic E-state index is 5.70. The van der Waals surface area contributed by atoms with Crippen molar-refractivity contribution in [3.63, 3.8) is 0 Å². The largest absolute Gasteiger partial charge is 0.377 e. The van der Waals surface area contributed by atoms with E-state index in [4.69, 9.17) is 4.74 Å². The Balaban J connectivity index is 1.65. The summed E-state index contributed by atoms with van der Waals surface area (Å²) in [4.78, 5) is 11.7. The van der Waals surface area contributed by atoms with Crippen molar-refractivity contribution in [2.45, 2.75) is 43.2 Å². The molecule has 4 rings (SSSR count). The normalized spacial score (nSPS) is 22.2. The number of hydrogen-bond acceptors (Lipinski definition) is 5. The molecule has 0 bridgehead atoms. The lowest BCUT2D eigenvalue weighted by atomic mass is 10.2. The second kappa shape index (κ2) is 5.04. The third-order valence-electron chi connectivity index (χ3n) is 3.90. The molecule has 3 heterocycles. The molecule has 0 aromatic carbocycles. The minimum absolute atomic E-state index is 0.418. The van der Waals surface area contributed by atoms with Crippen LogP contribution in [0.2, 0.25) is 0 Å². The zero-order valence-corrected chi connectivity index (χ0v) is 12.4. The molecule has 1 aliphatic carbocycles. The van der Waals surface area contributed by atoms with Crippen LogP contribution >= 0.6 is 23.1 Å². The van der Waals surface area contributed by atoms with E-state index in [0.29, 0.717) is 6.10 Å². The highest BCUT2D eigenvalue weighted by Gasteiger charge is 2.22. The summed E-state index contributed by atoms with van der Waals surface area (Å²) in [6, 6.07) is 0. The molecule has 1 fully saturated rings. The van der Waals surface area contributed by atoms with Gasteiger partial charge >= 0.3 is 0 Å². The molecule has 5 heteroatoms. The Labute approximate surface area is 120 Å². The van der Waals surface area contributed by atoms with Crippen molar-refractivity contribution in [2.24, 2.45) is 0 Å². The van der Waals surface area contributed by atoms with Gasteiger partial charge in [-0.3, -0.25) is 0 Å². The lowest BCUT2D eigenvalue weighted by molar-refractivity contribution is 0.129. The van der Waals surface area contributed by atoms with E-state index in [2.05, 4.69) is 9.97 Å². The third-order valence-corrected chi connectivity index (χ3v) is 6.22. The number of aryl methyl sites for hydroxylation is 2. The first-order valence-electron chi connectivity index (χ1n) is 6.91. The van der Waals surface area contributed by atoms with Gasteiger partial charge in [0.05, 0.1) is 6.10 Å². The van der Waals surface area contributed by atoms with Gasteiger partial charge in [0, 0.05) is 22.6 Å². The van der Waals surface area contributed by atoms with E-state index in [1.54, 1.807) is 6.33 Å². The number of fused-ring (bicyclic) bond motifs is 3. The molecule has 0 spiro atoms. The van der Waals surface area contributed by atoms with Crippen molar-refractivity contribution < 1.29 is 4.74 Å². The van der Waals surface area contributed by atoms with Gasteiger partial charge in [-0.25, -0.2) is 9.97 Å².